The summed E-state index contributed by atoms with van der Waals surface area (Å²) in [5, 5.41) is 8.72. The van der Waals surface area contributed by atoms with Crippen LogP contribution in [0.5, 0.6) is 0 Å². The topological polar surface area (TPSA) is 65.7 Å². The number of nitrogens with zero attached hydrogens (tertiary/aromatic N) is 3. The van der Waals surface area contributed by atoms with Gasteiger partial charge in [0.15, 0.2) is 5.96 Å². The second-order valence-electron chi connectivity index (χ2n) is 7.02. The minimum atomic E-state index is 0. The lowest BCUT2D eigenvalue weighted by molar-refractivity contribution is 0.173. The van der Waals surface area contributed by atoms with E-state index in [0.717, 1.165) is 42.6 Å². The van der Waals surface area contributed by atoms with Gasteiger partial charge in [0, 0.05) is 31.7 Å². The van der Waals surface area contributed by atoms with E-state index in [-0.39, 0.29) is 24.0 Å². The number of halogens is 1. The fourth-order valence-electron chi connectivity index (χ4n) is 2.98. The molecule has 0 bridgehead atoms. The van der Waals surface area contributed by atoms with Crippen LogP contribution < -0.4 is 10.6 Å². The molecule has 0 fully saturated rings. The van der Waals surface area contributed by atoms with E-state index < -0.39 is 0 Å². The predicted molar refractivity (Wildman–Crippen MR) is 130 cm³/mol. The molecule has 2 aromatic rings. The Labute approximate surface area is 190 Å². The summed E-state index contributed by atoms with van der Waals surface area (Å²) in [5.41, 5.74) is 0.835. The minimum absolute atomic E-state index is 0. The first kappa shape index (κ1) is 24.9. The maximum absolute atomic E-state index is 5.55. The molecule has 2 N–H and O–H groups in total. The molecule has 0 aromatic carbocycles. The van der Waals surface area contributed by atoms with Crippen molar-refractivity contribution in [1.29, 1.82) is 0 Å². The monoisotopic (exact) mass is 519 g/mol. The third kappa shape index (κ3) is 8.08. The number of nitrogens with one attached hydrogen (secondary N) is 2. The van der Waals surface area contributed by atoms with Crippen molar-refractivity contribution < 1.29 is 4.42 Å². The fourth-order valence-corrected chi connectivity index (χ4v) is 3.63. The zero-order chi connectivity index (χ0) is 19.6. The van der Waals surface area contributed by atoms with Crippen molar-refractivity contribution in [3.05, 3.63) is 29.5 Å². The molecule has 28 heavy (non-hydrogen) atoms. The number of oxazole rings is 1. The van der Waals surface area contributed by atoms with Crippen LogP contribution in [0.4, 0.5) is 0 Å². The summed E-state index contributed by atoms with van der Waals surface area (Å²) in [6.45, 7) is 14.4. The average molecular weight is 519 g/mol. The number of thiophene rings is 1. The van der Waals surface area contributed by atoms with Gasteiger partial charge >= 0.3 is 0 Å². The van der Waals surface area contributed by atoms with Gasteiger partial charge in [0.2, 0.25) is 5.89 Å². The van der Waals surface area contributed by atoms with Gasteiger partial charge in [-0.2, -0.15) is 0 Å². The molecule has 0 amide bonds. The standard InChI is InChI=1S/C20H33N5OS.HI/c1-6-21-20(22-10-8-11-25(15(2)3)16(4)5)23-13-17-14-26-19(24-17)18-9-7-12-27-18;/h7,9,12,14-16H,6,8,10-11,13H2,1-5H3,(H2,21,22,23);1H. The van der Waals surface area contributed by atoms with E-state index in [0.29, 0.717) is 24.5 Å². The van der Waals surface area contributed by atoms with E-state index in [9.17, 15) is 0 Å². The Balaban J connectivity index is 0.00000392. The van der Waals surface area contributed by atoms with Crippen molar-refractivity contribution >= 4 is 41.3 Å². The summed E-state index contributed by atoms with van der Waals surface area (Å²) in [6.07, 6.45) is 2.76. The zero-order valence-electron chi connectivity index (χ0n) is 17.6. The lowest BCUT2D eigenvalue weighted by Gasteiger charge is -2.30. The third-order valence-electron chi connectivity index (χ3n) is 4.24. The molecule has 2 rings (SSSR count). The van der Waals surface area contributed by atoms with Crippen LogP contribution in [-0.2, 0) is 6.54 Å². The molecule has 8 heteroatoms. The quantitative estimate of drug-likeness (QED) is 0.208. The first-order valence-electron chi connectivity index (χ1n) is 9.77. The smallest absolute Gasteiger partial charge is 0.236 e. The number of guanidine groups is 1. The fraction of sp³-hybridized carbons (Fsp3) is 0.600. The van der Waals surface area contributed by atoms with Gasteiger partial charge in [0.25, 0.3) is 0 Å². The van der Waals surface area contributed by atoms with Gasteiger partial charge in [-0.3, -0.25) is 4.90 Å². The average Bonchev–Trinajstić information content (AvgIpc) is 3.29. The van der Waals surface area contributed by atoms with Crippen LogP contribution in [0.25, 0.3) is 10.8 Å². The largest absolute Gasteiger partial charge is 0.443 e. The van der Waals surface area contributed by atoms with Crippen LogP contribution in [0.3, 0.4) is 0 Å². The lowest BCUT2D eigenvalue weighted by atomic mass is 10.2. The van der Waals surface area contributed by atoms with Crippen LogP contribution in [-0.4, -0.2) is 47.6 Å². The van der Waals surface area contributed by atoms with Gasteiger partial charge < -0.3 is 15.1 Å². The van der Waals surface area contributed by atoms with E-state index in [1.807, 2.05) is 17.5 Å². The first-order valence-corrected chi connectivity index (χ1v) is 10.7. The van der Waals surface area contributed by atoms with Crippen molar-refractivity contribution in [3.8, 4) is 10.8 Å². The van der Waals surface area contributed by atoms with Gasteiger partial charge in [-0.25, -0.2) is 9.98 Å². The van der Waals surface area contributed by atoms with E-state index in [2.05, 4.69) is 60.1 Å². The van der Waals surface area contributed by atoms with E-state index >= 15 is 0 Å². The molecule has 0 saturated heterocycles. The molecule has 2 aromatic heterocycles. The molecular formula is C20H34IN5OS. The SMILES string of the molecule is CCNC(=NCc1coc(-c2cccs2)n1)NCCCN(C(C)C)C(C)C.I. The van der Waals surface area contributed by atoms with Crippen molar-refractivity contribution in [2.45, 2.75) is 59.7 Å². The highest BCUT2D eigenvalue weighted by Crippen LogP contribution is 2.23. The summed E-state index contributed by atoms with van der Waals surface area (Å²) in [7, 11) is 0. The summed E-state index contributed by atoms with van der Waals surface area (Å²) < 4.78 is 5.55. The molecular weight excluding hydrogens is 485 g/mol. The van der Waals surface area contributed by atoms with Crippen LogP contribution >= 0.6 is 35.3 Å². The second kappa shape index (κ2) is 13.2. The molecule has 158 valence electrons. The van der Waals surface area contributed by atoms with Gasteiger partial charge in [-0.15, -0.1) is 35.3 Å². The van der Waals surface area contributed by atoms with Gasteiger partial charge in [-0.05, 0) is 52.5 Å². The molecule has 0 radical (unpaired) electrons. The molecule has 0 saturated carbocycles. The summed E-state index contributed by atoms with van der Waals surface area (Å²) >= 11 is 1.62. The Morgan fingerprint density at radius 3 is 2.61 bits per heavy atom. The van der Waals surface area contributed by atoms with Gasteiger partial charge in [-0.1, -0.05) is 6.07 Å². The van der Waals surface area contributed by atoms with Gasteiger partial charge in [0.05, 0.1) is 11.4 Å². The molecule has 0 aliphatic heterocycles. The Hall–Kier alpha value is -1.13. The lowest BCUT2D eigenvalue weighted by Crippen LogP contribution is -2.41. The maximum Gasteiger partial charge on any atom is 0.236 e. The predicted octanol–water partition coefficient (Wildman–Crippen LogP) is 4.59. The number of aliphatic imine (C=N–C) groups is 1. The van der Waals surface area contributed by atoms with Crippen molar-refractivity contribution in [2.24, 2.45) is 4.99 Å². The molecule has 0 spiro atoms. The Morgan fingerprint density at radius 1 is 1.25 bits per heavy atom. The van der Waals surface area contributed by atoms with Gasteiger partial charge in [0.1, 0.15) is 12.0 Å². The highest BCUT2D eigenvalue weighted by molar-refractivity contribution is 14.0. The van der Waals surface area contributed by atoms with Crippen molar-refractivity contribution in [1.82, 2.24) is 20.5 Å². The van der Waals surface area contributed by atoms with E-state index in [4.69, 9.17) is 4.42 Å². The zero-order valence-corrected chi connectivity index (χ0v) is 20.7. The van der Waals surface area contributed by atoms with E-state index in [1.165, 1.54) is 0 Å². The number of aromatic nitrogens is 1. The maximum atomic E-state index is 5.55. The molecule has 0 aliphatic rings. The van der Waals surface area contributed by atoms with Crippen LogP contribution in [0.15, 0.2) is 33.2 Å². The normalized spacial score (nSPS) is 11.9. The Morgan fingerprint density at radius 2 is 2.00 bits per heavy atom. The molecule has 2 heterocycles. The highest BCUT2D eigenvalue weighted by atomic mass is 127. The molecule has 0 aliphatic carbocycles. The molecule has 6 nitrogen and oxygen atoms in total. The summed E-state index contributed by atoms with van der Waals surface area (Å²) in [5.74, 6) is 1.48. The van der Waals surface area contributed by atoms with Crippen molar-refractivity contribution in [3.63, 3.8) is 0 Å². The number of rotatable bonds is 10. The Bertz CT molecular complexity index is 677. The molecule has 0 unspecified atom stereocenters. The third-order valence-corrected chi connectivity index (χ3v) is 5.10. The number of hydrogen-bond acceptors (Lipinski definition) is 5. The first-order chi connectivity index (χ1) is 13.0. The minimum Gasteiger partial charge on any atom is -0.443 e. The van der Waals surface area contributed by atoms with Crippen molar-refractivity contribution in [2.75, 3.05) is 19.6 Å². The number of hydrogen-bond donors (Lipinski definition) is 2. The molecule has 0 atom stereocenters. The highest BCUT2D eigenvalue weighted by Gasteiger charge is 2.12. The van der Waals surface area contributed by atoms with Crippen LogP contribution in [0.2, 0.25) is 0 Å². The van der Waals surface area contributed by atoms with Crippen LogP contribution in [0.1, 0.15) is 46.7 Å². The van der Waals surface area contributed by atoms with E-state index in [1.54, 1.807) is 17.6 Å². The summed E-state index contributed by atoms with van der Waals surface area (Å²) in [4.78, 5) is 12.7. The van der Waals surface area contributed by atoms with Crippen LogP contribution in [0, 0.1) is 0 Å². The summed E-state index contributed by atoms with van der Waals surface area (Å²) in [6, 6.07) is 5.13. The second-order valence-corrected chi connectivity index (χ2v) is 7.97. The Kier molecular flexibility index (Phi) is 11.7.